The molecule has 0 atom stereocenters. The number of methoxy groups -OCH3 is 1. The minimum Gasteiger partial charge on any atom is -0.481 e. The highest BCUT2D eigenvalue weighted by Gasteiger charge is 2.20. The molecule has 1 N–H and O–H groups in total. The third kappa shape index (κ3) is 4.58. The zero-order valence-corrected chi connectivity index (χ0v) is 14.1. The summed E-state index contributed by atoms with van der Waals surface area (Å²) in [5, 5.41) is 3.32. The molecule has 2 rings (SSSR count). The molecule has 0 saturated carbocycles. The smallest absolute Gasteiger partial charge is 0.219 e. The molecule has 1 fully saturated rings. The van der Waals surface area contributed by atoms with Crippen LogP contribution in [0.25, 0.3) is 0 Å². The molecule has 0 radical (unpaired) electrons. The van der Waals surface area contributed by atoms with E-state index in [2.05, 4.69) is 15.2 Å². The van der Waals surface area contributed by atoms with Gasteiger partial charge in [-0.05, 0) is 13.0 Å². The Hall–Kier alpha value is -2.31. The molecule has 2 heterocycles. The van der Waals surface area contributed by atoms with Crippen molar-refractivity contribution in [2.75, 3.05) is 39.8 Å². The van der Waals surface area contributed by atoms with Gasteiger partial charge in [-0.1, -0.05) is 6.07 Å². The van der Waals surface area contributed by atoms with E-state index >= 15 is 0 Å². The van der Waals surface area contributed by atoms with E-state index in [-0.39, 0.29) is 5.91 Å². The van der Waals surface area contributed by atoms with Gasteiger partial charge in [0, 0.05) is 51.4 Å². The number of rotatable bonds is 4. The van der Waals surface area contributed by atoms with Crippen LogP contribution in [0.2, 0.25) is 0 Å². The predicted molar refractivity (Wildman–Crippen MR) is 89.4 cm³/mol. The molecular weight excluding hydrogens is 294 g/mol. The maximum atomic E-state index is 11.4. The highest BCUT2D eigenvalue weighted by molar-refractivity contribution is 5.80. The van der Waals surface area contributed by atoms with Gasteiger partial charge >= 0.3 is 0 Å². The number of guanidine groups is 1. The molecule has 1 aromatic heterocycles. The fourth-order valence-corrected chi connectivity index (χ4v) is 2.55. The Morgan fingerprint density at radius 2 is 2.04 bits per heavy atom. The molecular formula is C16H25N5O2. The van der Waals surface area contributed by atoms with E-state index in [0.29, 0.717) is 12.4 Å². The van der Waals surface area contributed by atoms with Gasteiger partial charge in [-0.2, -0.15) is 0 Å². The van der Waals surface area contributed by atoms with Gasteiger partial charge < -0.3 is 19.9 Å². The number of nitrogens with zero attached hydrogens (tertiary/aromatic N) is 4. The topological polar surface area (TPSA) is 70.1 Å². The number of carbonyl (C=O) groups is 1. The normalized spacial score (nSPS) is 15.5. The molecule has 1 aliphatic rings. The lowest BCUT2D eigenvalue weighted by Gasteiger charge is -2.36. The van der Waals surface area contributed by atoms with Gasteiger partial charge in [-0.15, -0.1) is 0 Å². The number of amides is 1. The average molecular weight is 319 g/mol. The van der Waals surface area contributed by atoms with Crippen LogP contribution in [0.3, 0.4) is 0 Å². The number of carbonyl (C=O) groups excluding carboxylic acids is 1. The highest BCUT2D eigenvalue weighted by Crippen LogP contribution is 2.14. The first-order valence-corrected chi connectivity index (χ1v) is 7.92. The minimum atomic E-state index is 0.131. The van der Waals surface area contributed by atoms with E-state index in [9.17, 15) is 4.79 Å². The van der Waals surface area contributed by atoms with Gasteiger partial charge in [0.2, 0.25) is 11.8 Å². The Morgan fingerprint density at radius 3 is 2.65 bits per heavy atom. The molecule has 0 spiro atoms. The standard InChI is InChI=1S/C16H25N5O2/c1-4-17-16(21-10-8-20(9-11-21)13(2)22)19-12-14-6-5-7-18-15(14)23-3/h5-7H,4,8-12H2,1-3H3,(H,17,19). The average Bonchev–Trinajstić information content (AvgIpc) is 2.59. The van der Waals surface area contributed by atoms with Crippen molar-refractivity contribution in [1.82, 2.24) is 20.1 Å². The van der Waals surface area contributed by atoms with Crippen LogP contribution in [-0.4, -0.2) is 66.5 Å². The zero-order chi connectivity index (χ0) is 16.7. The number of pyridine rings is 1. The summed E-state index contributed by atoms with van der Waals surface area (Å²) in [6.45, 7) is 8.01. The first-order chi connectivity index (χ1) is 11.2. The van der Waals surface area contributed by atoms with Crippen molar-refractivity contribution in [3.63, 3.8) is 0 Å². The number of hydrogen-bond donors (Lipinski definition) is 1. The summed E-state index contributed by atoms with van der Waals surface area (Å²) in [7, 11) is 1.61. The molecule has 0 aromatic carbocycles. The molecule has 1 amide bonds. The van der Waals surface area contributed by atoms with E-state index in [1.165, 1.54) is 0 Å². The van der Waals surface area contributed by atoms with Gasteiger partial charge in [-0.3, -0.25) is 4.79 Å². The molecule has 23 heavy (non-hydrogen) atoms. The van der Waals surface area contributed by atoms with Gasteiger partial charge in [0.25, 0.3) is 0 Å². The lowest BCUT2D eigenvalue weighted by molar-refractivity contribution is -0.130. The highest BCUT2D eigenvalue weighted by atomic mass is 16.5. The number of aliphatic imine (C=N–C) groups is 1. The summed E-state index contributed by atoms with van der Waals surface area (Å²) in [5.74, 6) is 1.60. The van der Waals surface area contributed by atoms with E-state index in [1.54, 1.807) is 20.2 Å². The van der Waals surface area contributed by atoms with Crippen LogP contribution < -0.4 is 10.1 Å². The molecule has 7 heteroatoms. The lowest BCUT2D eigenvalue weighted by atomic mass is 10.3. The van der Waals surface area contributed by atoms with Crippen molar-refractivity contribution >= 4 is 11.9 Å². The molecule has 1 aromatic rings. The molecule has 1 aliphatic heterocycles. The second kappa shape index (κ2) is 8.36. The maximum Gasteiger partial charge on any atom is 0.219 e. The maximum absolute atomic E-state index is 11.4. The Labute approximate surface area is 137 Å². The summed E-state index contributed by atoms with van der Waals surface area (Å²) >= 11 is 0. The van der Waals surface area contributed by atoms with Crippen molar-refractivity contribution in [3.8, 4) is 5.88 Å². The van der Waals surface area contributed by atoms with Crippen LogP contribution in [0.1, 0.15) is 19.4 Å². The van der Waals surface area contributed by atoms with Gasteiger partial charge in [-0.25, -0.2) is 9.98 Å². The Morgan fingerprint density at radius 1 is 1.35 bits per heavy atom. The van der Waals surface area contributed by atoms with E-state index in [1.807, 2.05) is 24.0 Å². The van der Waals surface area contributed by atoms with Crippen molar-refractivity contribution in [2.24, 2.45) is 4.99 Å². The minimum absolute atomic E-state index is 0.131. The van der Waals surface area contributed by atoms with Crippen LogP contribution in [0, 0.1) is 0 Å². The Kier molecular flexibility index (Phi) is 6.19. The Balaban J connectivity index is 2.04. The molecule has 0 bridgehead atoms. The first-order valence-electron chi connectivity index (χ1n) is 7.92. The fourth-order valence-electron chi connectivity index (χ4n) is 2.55. The summed E-state index contributed by atoms with van der Waals surface area (Å²) in [5.41, 5.74) is 0.952. The zero-order valence-electron chi connectivity index (χ0n) is 14.1. The largest absolute Gasteiger partial charge is 0.481 e. The monoisotopic (exact) mass is 319 g/mol. The van der Waals surface area contributed by atoms with Crippen LogP contribution >= 0.6 is 0 Å². The Bertz CT molecular complexity index is 553. The van der Waals surface area contributed by atoms with E-state index in [4.69, 9.17) is 9.73 Å². The predicted octanol–water partition coefficient (Wildman–Crippen LogP) is 0.720. The van der Waals surface area contributed by atoms with Crippen LogP contribution in [0.4, 0.5) is 0 Å². The van der Waals surface area contributed by atoms with Crippen molar-refractivity contribution < 1.29 is 9.53 Å². The summed E-state index contributed by atoms with van der Waals surface area (Å²) in [6.07, 6.45) is 1.71. The van der Waals surface area contributed by atoms with E-state index < -0.39 is 0 Å². The van der Waals surface area contributed by atoms with Gasteiger partial charge in [0.1, 0.15) is 0 Å². The summed E-state index contributed by atoms with van der Waals surface area (Å²) < 4.78 is 5.26. The molecule has 1 saturated heterocycles. The molecule has 7 nitrogen and oxygen atoms in total. The number of piperazine rings is 1. The molecule has 0 unspecified atom stereocenters. The van der Waals surface area contributed by atoms with Crippen molar-refractivity contribution in [2.45, 2.75) is 20.4 Å². The number of ether oxygens (including phenoxy) is 1. The molecule has 126 valence electrons. The third-order valence-corrected chi connectivity index (χ3v) is 3.80. The van der Waals surface area contributed by atoms with Gasteiger partial charge in [0.15, 0.2) is 5.96 Å². The number of nitrogens with one attached hydrogen (secondary N) is 1. The molecule has 0 aliphatic carbocycles. The van der Waals surface area contributed by atoms with Crippen molar-refractivity contribution in [1.29, 1.82) is 0 Å². The second-order valence-electron chi connectivity index (χ2n) is 5.34. The van der Waals surface area contributed by atoms with Crippen LogP contribution in [0.15, 0.2) is 23.3 Å². The SMILES string of the molecule is CCNC(=NCc1cccnc1OC)N1CCN(C(C)=O)CC1. The number of aromatic nitrogens is 1. The van der Waals surface area contributed by atoms with Crippen LogP contribution in [0.5, 0.6) is 5.88 Å². The fraction of sp³-hybridized carbons (Fsp3) is 0.562. The quantitative estimate of drug-likeness (QED) is 0.654. The third-order valence-electron chi connectivity index (χ3n) is 3.80. The van der Waals surface area contributed by atoms with Gasteiger partial charge in [0.05, 0.1) is 13.7 Å². The lowest BCUT2D eigenvalue weighted by Crippen LogP contribution is -2.53. The first kappa shape index (κ1) is 17.1. The van der Waals surface area contributed by atoms with E-state index in [0.717, 1.165) is 44.2 Å². The number of hydrogen-bond acceptors (Lipinski definition) is 4. The van der Waals surface area contributed by atoms with Crippen molar-refractivity contribution in [3.05, 3.63) is 23.9 Å². The summed E-state index contributed by atoms with van der Waals surface area (Å²) in [6, 6.07) is 3.85. The second-order valence-corrected chi connectivity index (χ2v) is 5.34. The summed E-state index contributed by atoms with van der Waals surface area (Å²) in [4.78, 5) is 24.4. The van der Waals surface area contributed by atoms with Crippen LogP contribution in [-0.2, 0) is 11.3 Å².